The fourth-order valence-corrected chi connectivity index (χ4v) is 4.33. The van der Waals surface area contributed by atoms with Gasteiger partial charge < -0.3 is 5.32 Å². The second-order valence-corrected chi connectivity index (χ2v) is 7.69. The molecule has 3 heterocycles. The van der Waals surface area contributed by atoms with E-state index in [2.05, 4.69) is 27.3 Å². The molecular weight excluding hydrogens is 376 g/mol. The molecule has 0 aliphatic carbocycles. The van der Waals surface area contributed by atoms with Crippen molar-refractivity contribution in [1.82, 2.24) is 24.5 Å². The van der Waals surface area contributed by atoms with E-state index in [1.165, 1.54) is 12.8 Å². The van der Waals surface area contributed by atoms with Gasteiger partial charge in [0.05, 0.1) is 11.0 Å². The van der Waals surface area contributed by atoms with Crippen LogP contribution in [0.2, 0.25) is 0 Å². The number of nitrogens with one attached hydrogen (secondary N) is 1. The fraction of sp³-hybridized carbons (Fsp3) is 0.304. The second-order valence-electron chi connectivity index (χ2n) is 7.69. The molecule has 0 spiro atoms. The van der Waals surface area contributed by atoms with Crippen LogP contribution < -0.4 is 5.32 Å². The van der Waals surface area contributed by atoms with Crippen LogP contribution in [0.15, 0.2) is 54.9 Å². The summed E-state index contributed by atoms with van der Waals surface area (Å²) < 4.78 is 1.90. The first-order valence-corrected chi connectivity index (χ1v) is 10.5. The molecule has 1 N–H and O–H groups in total. The Labute approximate surface area is 174 Å². The van der Waals surface area contributed by atoms with Crippen molar-refractivity contribution in [2.75, 3.05) is 25.0 Å². The van der Waals surface area contributed by atoms with Crippen LogP contribution in [-0.4, -0.2) is 55.9 Å². The maximum Gasteiger partial charge on any atom is 0.203 e. The standard InChI is InChI=1S/C23H24N6O/c1-2-28-12-6-9-18(28)14-24-22-23-27-25-15-29(23)20-13-17(10-11-19(20)26-22)21(30)16-7-4-3-5-8-16/h3-5,7-8,10-11,13,15,18H,2,6,9,12,14H2,1H3,(H,24,26)/t18-/m0/s1. The Morgan fingerprint density at radius 1 is 1.17 bits per heavy atom. The van der Waals surface area contributed by atoms with Gasteiger partial charge >= 0.3 is 0 Å². The summed E-state index contributed by atoms with van der Waals surface area (Å²) in [7, 11) is 0. The van der Waals surface area contributed by atoms with Gasteiger partial charge in [-0.2, -0.15) is 0 Å². The molecule has 1 aliphatic rings. The summed E-state index contributed by atoms with van der Waals surface area (Å²) in [5.41, 5.74) is 3.58. The number of carbonyl (C=O) groups is 1. The quantitative estimate of drug-likeness (QED) is 0.500. The van der Waals surface area contributed by atoms with Gasteiger partial charge in [0.25, 0.3) is 0 Å². The fourth-order valence-electron chi connectivity index (χ4n) is 4.33. The number of ketones is 1. The highest BCUT2D eigenvalue weighted by molar-refractivity contribution is 6.10. The number of anilines is 1. The zero-order valence-electron chi connectivity index (χ0n) is 17.0. The van der Waals surface area contributed by atoms with E-state index < -0.39 is 0 Å². The molecular formula is C23H24N6O. The number of likely N-dealkylation sites (tertiary alicyclic amines) is 1. The number of hydrogen-bond donors (Lipinski definition) is 1. The first kappa shape index (κ1) is 18.7. The zero-order chi connectivity index (χ0) is 20.5. The number of carbonyl (C=O) groups excluding carboxylic acids is 1. The molecule has 2 aromatic heterocycles. The second kappa shape index (κ2) is 7.84. The van der Waals surface area contributed by atoms with Crippen LogP contribution in [0.5, 0.6) is 0 Å². The molecule has 0 radical (unpaired) electrons. The van der Waals surface area contributed by atoms with E-state index in [9.17, 15) is 4.79 Å². The summed E-state index contributed by atoms with van der Waals surface area (Å²) in [4.78, 5) is 20.2. The Hall–Kier alpha value is -3.32. The van der Waals surface area contributed by atoms with Crippen LogP contribution in [0.25, 0.3) is 16.7 Å². The summed E-state index contributed by atoms with van der Waals surface area (Å²) in [6.45, 7) is 5.26. The van der Waals surface area contributed by atoms with Gasteiger partial charge in [-0.3, -0.25) is 14.1 Å². The minimum absolute atomic E-state index is 0.0122. The van der Waals surface area contributed by atoms with Gasteiger partial charge in [0, 0.05) is 23.7 Å². The molecule has 4 aromatic rings. The van der Waals surface area contributed by atoms with Crippen molar-refractivity contribution >= 4 is 28.3 Å². The summed E-state index contributed by atoms with van der Waals surface area (Å²) >= 11 is 0. The smallest absolute Gasteiger partial charge is 0.203 e. The third-order valence-electron chi connectivity index (χ3n) is 5.94. The molecule has 0 unspecified atom stereocenters. The molecule has 0 bridgehead atoms. The molecule has 1 aliphatic heterocycles. The Morgan fingerprint density at radius 3 is 2.87 bits per heavy atom. The SMILES string of the molecule is CCN1CCC[C@H]1CNc1nc2ccc(C(=O)c3ccccc3)cc2n2cnnc12. The first-order valence-electron chi connectivity index (χ1n) is 10.5. The highest BCUT2D eigenvalue weighted by Gasteiger charge is 2.23. The van der Waals surface area contributed by atoms with Gasteiger partial charge in [-0.25, -0.2) is 4.98 Å². The maximum absolute atomic E-state index is 12.9. The van der Waals surface area contributed by atoms with Gasteiger partial charge in [0.1, 0.15) is 6.33 Å². The number of rotatable bonds is 6. The monoisotopic (exact) mass is 400 g/mol. The Morgan fingerprint density at radius 2 is 2.03 bits per heavy atom. The van der Waals surface area contributed by atoms with Gasteiger partial charge in [-0.15, -0.1) is 10.2 Å². The highest BCUT2D eigenvalue weighted by atomic mass is 16.1. The van der Waals surface area contributed by atoms with E-state index in [0.29, 0.717) is 22.8 Å². The molecule has 7 heteroatoms. The van der Waals surface area contributed by atoms with E-state index in [1.54, 1.807) is 6.33 Å². The van der Waals surface area contributed by atoms with Crippen LogP contribution in [0.1, 0.15) is 35.7 Å². The van der Waals surface area contributed by atoms with Gasteiger partial charge in [-0.05, 0) is 44.1 Å². The third-order valence-corrected chi connectivity index (χ3v) is 5.94. The van der Waals surface area contributed by atoms with E-state index in [-0.39, 0.29) is 5.78 Å². The van der Waals surface area contributed by atoms with E-state index in [1.807, 2.05) is 52.9 Å². The average molecular weight is 400 g/mol. The lowest BCUT2D eigenvalue weighted by Crippen LogP contribution is -2.34. The molecule has 1 saturated heterocycles. The highest BCUT2D eigenvalue weighted by Crippen LogP contribution is 2.23. The Kier molecular flexibility index (Phi) is 4.88. The molecule has 152 valence electrons. The lowest BCUT2D eigenvalue weighted by atomic mass is 10.0. The number of hydrogen-bond acceptors (Lipinski definition) is 6. The van der Waals surface area contributed by atoms with Gasteiger partial charge in [0.15, 0.2) is 11.6 Å². The predicted octanol–water partition coefficient (Wildman–Crippen LogP) is 3.40. The minimum atomic E-state index is -0.0122. The summed E-state index contributed by atoms with van der Waals surface area (Å²) in [5, 5.41) is 11.9. The van der Waals surface area contributed by atoms with Crippen LogP contribution >= 0.6 is 0 Å². The van der Waals surface area contributed by atoms with Crippen molar-refractivity contribution in [3.63, 3.8) is 0 Å². The molecule has 7 nitrogen and oxygen atoms in total. The Bertz CT molecular complexity index is 1200. The zero-order valence-corrected chi connectivity index (χ0v) is 17.0. The first-order chi connectivity index (χ1) is 14.7. The minimum Gasteiger partial charge on any atom is -0.365 e. The number of aromatic nitrogens is 4. The molecule has 1 fully saturated rings. The van der Waals surface area contributed by atoms with Crippen molar-refractivity contribution < 1.29 is 4.79 Å². The molecule has 30 heavy (non-hydrogen) atoms. The molecule has 0 saturated carbocycles. The van der Waals surface area contributed by atoms with Crippen molar-refractivity contribution in [3.8, 4) is 0 Å². The molecule has 1 atom stereocenters. The predicted molar refractivity (Wildman–Crippen MR) is 117 cm³/mol. The topological polar surface area (TPSA) is 75.4 Å². The number of nitrogens with zero attached hydrogens (tertiary/aromatic N) is 5. The Balaban J connectivity index is 1.49. The summed E-state index contributed by atoms with van der Waals surface area (Å²) in [6.07, 6.45) is 4.11. The van der Waals surface area contributed by atoms with Crippen molar-refractivity contribution in [2.24, 2.45) is 0 Å². The lowest BCUT2D eigenvalue weighted by Gasteiger charge is -2.23. The van der Waals surface area contributed by atoms with Gasteiger partial charge in [0.2, 0.25) is 5.65 Å². The number of benzene rings is 2. The van der Waals surface area contributed by atoms with Crippen LogP contribution in [0, 0.1) is 0 Å². The third kappa shape index (κ3) is 3.31. The molecule has 5 rings (SSSR count). The maximum atomic E-state index is 12.9. The number of likely N-dealkylation sites (N-methyl/N-ethyl adjacent to an activating group) is 1. The summed E-state index contributed by atoms with van der Waals surface area (Å²) in [5.74, 6) is 0.715. The molecule has 0 amide bonds. The lowest BCUT2D eigenvalue weighted by molar-refractivity contribution is 0.103. The largest absolute Gasteiger partial charge is 0.365 e. The molecule has 2 aromatic carbocycles. The van der Waals surface area contributed by atoms with Crippen molar-refractivity contribution in [3.05, 3.63) is 66.0 Å². The number of fused-ring (bicyclic) bond motifs is 3. The van der Waals surface area contributed by atoms with Crippen LogP contribution in [0.4, 0.5) is 5.82 Å². The average Bonchev–Trinajstić information content (AvgIpc) is 3.47. The normalized spacial score (nSPS) is 17.0. The van der Waals surface area contributed by atoms with Crippen LogP contribution in [-0.2, 0) is 0 Å². The van der Waals surface area contributed by atoms with Crippen molar-refractivity contribution in [1.29, 1.82) is 0 Å². The van der Waals surface area contributed by atoms with Gasteiger partial charge in [-0.1, -0.05) is 37.3 Å². The summed E-state index contributed by atoms with van der Waals surface area (Å²) in [6, 6.07) is 15.4. The van der Waals surface area contributed by atoms with E-state index in [4.69, 9.17) is 4.98 Å². The van der Waals surface area contributed by atoms with Crippen molar-refractivity contribution in [2.45, 2.75) is 25.8 Å². The van der Waals surface area contributed by atoms with E-state index >= 15 is 0 Å². The van der Waals surface area contributed by atoms with E-state index in [0.717, 1.165) is 36.5 Å². The van der Waals surface area contributed by atoms with Crippen LogP contribution in [0.3, 0.4) is 0 Å².